The molecule has 0 saturated carbocycles. The van der Waals surface area contributed by atoms with E-state index in [0.717, 1.165) is 11.3 Å². The van der Waals surface area contributed by atoms with E-state index in [0.29, 0.717) is 17.5 Å². The molecular formula is C12H15N3O4. The van der Waals surface area contributed by atoms with E-state index in [-0.39, 0.29) is 6.54 Å². The molecule has 0 aliphatic heterocycles. The van der Waals surface area contributed by atoms with E-state index >= 15 is 0 Å². The van der Waals surface area contributed by atoms with E-state index in [1.807, 2.05) is 19.9 Å². The van der Waals surface area contributed by atoms with Crippen LogP contribution in [0.3, 0.4) is 0 Å². The Kier molecular flexibility index (Phi) is 3.66. The fourth-order valence-corrected chi connectivity index (χ4v) is 1.60. The smallest absolute Gasteiger partial charge is 0.320 e. The van der Waals surface area contributed by atoms with Crippen molar-refractivity contribution in [2.45, 2.75) is 33.4 Å². The van der Waals surface area contributed by atoms with Gasteiger partial charge in [0.2, 0.25) is 5.89 Å². The number of carbonyl (C=O) groups is 1. The first-order chi connectivity index (χ1) is 8.97. The lowest BCUT2D eigenvalue weighted by Crippen LogP contribution is -2.33. The van der Waals surface area contributed by atoms with Crippen LogP contribution in [0.2, 0.25) is 0 Å². The molecule has 0 bridgehead atoms. The van der Waals surface area contributed by atoms with E-state index in [2.05, 4.69) is 15.5 Å². The van der Waals surface area contributed by atoms with Crippen molar-refractivity contribution in [3.8, 4) is 11.5 Å². The Morgan fingerprint density at radius 1 is 1.42 bits per heavy atom. The number of carboxylic acid groups (broad SMARTS) is 1. The fraction of sp³-hybridized carbons (Fsp3) is 0.417. The summed E-state index contributed by atoms with van der Waals surface area (Å²) in [5, 5.41) is 19.3. The third-order valence-electron chi connectivity index (χ3n) is 2.67. The standard InChI is InChI=1S/C12H15N3O4/c1-6-4-9(8(3)18-6)11-15-14-10(19-11)5-13-7(2)12(16)17/h4,7,13H,5H2,1-3H3,(H,16,17). The maximum atomic E-state index is 10.7. The molecule has 2 N–H and O–H groups in total. The normalized spacial score (nSPS) is 12.6. The summed E-state index contributed by atoms with van der Waals surface area (Å²) in [4.78, 5) is 10.7. The van der Waals surface area contributed by atoms with Crippen molar-refractivity contribution in [2.75, 3.05) is 0 Å². The van der Waals surface area contributed by atoms with E-state index < -0.39 is 12.0 Å². The second-order valence-corrected chi connectivity index (χ2v) is 4.27. The summed E-state index contributed by atoms with van der Waals surface area (Å²) in [7, 11) is 0. The molecule has 19 heavy (non-hydrogen) atoms. The summed E-state index contributed by atoms with van der Waals surface area (Å²) in [6.07, 6.45) is 0. The summed E-state index contributed by atoms with van der Waals surface area (Å²) < 4.78 is 10.8. The molecule has 1 unspecified atom stereocenters. The molecule has 2 aromatic heterocycles. The monoisotopic (exact) mass is 265 g/mol. The van der Waals surface area contributed by atoms with Crippen LogP contribution in [0.25, 0.3) is 11.5 Å². The first-order valence-corrected chi connectivity index (χ1v) is 5.83. The lowest BCUT2D eigenvalue weighted by molar-refractivity contribution is -0.139. The van der Waals surface area contributed by atoms with Gasteiger partial charge in [-0.15, -0.1) is 10.2 Å². The van der Waals surface area contributed by atoms with Crippen molar-refractivity contribution in [3.63, 3.8) is 0 Å². The molecule has 0 amide bonds. The van der Waals surface area contributed by atoms with Crippen molar-refractivity contribution in [3.05, 3.63) is 23.5 Å². The zero-order valence-corrected chi connectivity index (χ0v) is 10.9. The minimum Gasteiger partial charge on any atom is -0.480 e. The van der Waals surface area contributed by atoms with Crippen molar-refractivity contribution in [1.29, 1.82) is 0 Å². The van der Waals surface area contributed by atoms with Crippen molar-refractivity contribution >= 4 is 5.97 Å². The highest BCUT2D eigenvalue weighted by atomic mass is 16.4. The molecule has 0 radical (unpaired) electrons. The van der Waals surface area contributed by atoms with Crippen LogP contribution in [0.4, 0.5) is 0 Å². The summed E-state index contributed by atoms with van der Waals surface area (Å²) in [5.41, 5.74) is 0.752. The lowest BCUT2D eigenvalue weighted by Gasteiger charge is -2.05. The van der Waals surface area contributed by atoms with Gasteiger partial charge in [-0.2, -0.15) is 0 Å². The topological polar surface area (TPSA) is 101 Å². The average molecular weight is 265 g/mol. The molecule has 0 aromatic carbocycles. The predicted octanol–water partition coefficient (Wildman–Crippen LogP) is 1.51. The van der Waals surface area contributed by atoms with Gasteiger partial charge >= 0.3 is 5.97 Å². The molecule has 7 nitrogen and oxygen atoms in total. The highest BCUT2D eigenvalue weighted by Crippen LogP contribution is 2.25. The Bertz CT molecular complexity index is 588. The largest absolute Gasteiger partial charge is 0.480 e. The minimum atomic E-state index is -0.930. The molecule has 1 atom stereocenters. The number of rotatable bonds is 5. The van der Waals surface area contributed by atoms with E-state index in [1.54, 1.807) is 6.92 Å². The van der Waals surface area contributed by atoms with Gasteiger partial charge in [0.15, 0.2) is 0 Å². The van der Waals surface area contributed by atoms with Gasteiger partial charge in [0.25, 0.3) is 5.89 Å². The van der Waals surface area contributed by atoms with Crippen LogP contribution in [-0.2, 0) is 11.3 Å². The summed E-state index contributed by atoms with van der Waals surface area (Å²) in [6, 6.07) is 1.15. The van der Waals surface area contributed by atoms with Gasteiger partial charge in [-0.05, 0) is 26.8 Å². The van der Waals surface area contributed by atoms with Crippen LogP contribution in [0.15, 0.2) is 14.9 Å². The quantitative estimate of drug-likeness (QED) is 0.844. The number of aromatic nitrogens is 2. The zero-order chi connectivity index (χ0) is 14.0. The summed E-state index contributed by atoms with van der Waals surface area (Å²) in [5.74, 6) is 1.25. The van der Waals surface area contributed by atoms with Gasteiger partial charge in [0.1, 0.15) is 17.6 Å². The highest BCUT2D eigenvalue weighted by molar-refractivity contribution is 5.72. The van der Waals surface area contributed by atoms with Gasteiger partial charge in [0, 0.05) is 0 Å². The zero-order valence-electron chi connectivity index (χ0n) is 10.9. The Labute approximate surface area is 109 Å². The van der Waals surface area contributed by atoms with Crippen molar-refractivity contribution < 1.29 is 18.7 Å². The number of carboxylic acids is 1. The molecule has 0 aliphatic rings. The SMILES string of the molecule is Cc1cc(-c2nnc(CNC(C)C(=O)O)o2)c(C)o1. The average Bonchev–Trinajstić information content (AvgIpc) is 2.92. The maximum absolute atomic E-state index is 10.7. The number of hydrogen-bond acceptors (Lipinski definition) is 6. The molecule has 0 aliphatic carbocycles. The summed E-state index contributed by atoms with van der Waals surface area (Å²) >= 11 is 0. The predicted molar refractivity (Wildman–Crippen MR) is 65.4 cm³/mol. The van der Waals surface area contributed by atoms with Gasteiger partial charge in [-0.25, -0.2) is 0 Å². The van der Waals surface area contributed by atoms with Gasteiger partial charge in [-0.1, -0.05) is 0 Å². The molecule has 2 rings (SSSR count). The van der Waals surface area contributed by atoms with E-state index in [4.69, 9.17) is 13.9 Å². The van der Waals surface area contributed by atoms with Crippen molar-refractivity contribution in [1.82, 2.24) is 15.5 Å². The Balaban J connectivity index is 2.07. The molecule has 0 spiro atoms. The first kappa shape index (κ1) is 13.3. The number of aliphatic carboxylic acids is 1. The molecule has 2 heterocycles. The van der Waals surface area contributed by atoms with Crippen LogP contribution >= 0.6 is 0 Å². The third kappa shape index (κ3) is 3.00. The van der Waals surface area contributed by atoms with Crippen LogP contribution in [0.1, 0.15) is 24.3 Å². The van der Waals surface area contributed by atoms with Crippen LogP contribution in [0, 0.1) is 13.8 Å². The Morgan fingerprint density at radius 2 is 2.16 bits per heavy atom. The van der Waals surface area contributed by atoms with Gasteiger partial charge < -0.3 is 13.9 Å². The van der Waals surface area contributed by atoms with Crippen LogP contribution in [-0.4, -0.2) is 27.3 Å². The van der Waals surface area contributed by atoms with Crippen molar-refractivity contribution in [2.24, 2.45) is 0 Å². The number of nitrogens with one attached hydrogen (secondary N) is 1. The second-order valence-electron chi connectivity index (χ2n) is 4.27. The lowest BCUT2D eigenvalue weighted by atomic mass is 10.2. The number of aryl methyl sites for hydroxylation is 2. The minimum absolute atomic E-state index is 0.205. The molecule has 102 valence electrons. The molecule has 2 aromatic rings. The van der Waals surface area contributed by atoms with Gasteiger partial charge in [-0.3, -0.25) is 10.1 Å². The van der Waals surface area contributed by atoms with Crippen LogP contribution in [0.5, 0.6) is 0 Å². The number of hydrogen-bond donors (Lipinski definition) is 2. The van der Waals surface area contributed by atoms with E-state index in [9.17, 15) is 4.79 Å². The Morgan fingerprint density at radius 3 is 2.74 bits per heavy atom. The van der Waals surface area contributed by atoms with Gasteiger partial charge in [0.05, 0.1) is 12.1 Å². The van der Waals surface area contributed by atoms with E-state index in [1.165, 1.54) is 0 Å². The second kappa shape index (κ2) is 5.23. The Hall–Kier alpha value is -2.15. The molecular weight excluding hydrogens is 250 g/mol. The number of nitrogens with zero attached hydrogens (tertiary/aromatic N) is 2. The third-order valence-corrected chi connectivity index (χ3v) is 2.67. The fourth-order valence-electron chi connectivity index (χ4n) is 1.60. The maximum Gasteiger partial charge on any atom is 0.320 e. The first-order valence-electron chi connectivity index (χ1n) is 5.83. The molecule has 0 fully saturated rings. The molecule has 0 saturated heterocycles. The van der Waals surface area contributed by atoms with Crippen LogP contribution < -0.4 is 5.32 Å². The number of furan rings is 1. The highest BCUT2D eigenvalue weighted by Gasteiger charge is 2.16. The molecule has 7 heteroatoms. The summed E-state index contributed by atoms with van der Waals surface area (Å²) in [6.45, 7) is 5.40.